The zero-order valence-corrected chi connectivity index (χ0v) is 17.2. The number of rotatable bonds is 5. The van der Waals surface area contributed by atoms with Crippen LogP contribution in [0, 0.1) is 6.92 Å². The molecule has 0 unspecified atom stereocenters. The summed E-state index contributed by atoms with van der Waals surface area (Å²) in [5, 5.41) is 5.82. The standard InChI is InChI=1S/C17H19BrN4O.HI/c1-12-4-2-7-15(10-12)22-17(19)21-9-8-20-16(23)13-5-3-6-14(18)11-13;/h2-7,10-11H,8-9H2,1H3,(H,20,23)(H3,19,21,22);1H. The van der Waals surface area contributed by atoms with E-state index in [1.165, 1.54) is 0 Å². The van der Waals surface area contributed by atoms with E-state index in [0.717, 1.165) is 15.7 Å². The van der Waals surface area contributed by atoms with E-state index in [2.05, 4.69) is 31.6 Å². The molecule has 0 aliphatic rings. The first kappa shape index (κ1) is 20.4. The van der Waals surface area contributed by atoms with Crippen LogP contribution in [0.25, 0.3) is 0 Å². The minimum atomic E-state index is -0.133. The van der Waals surface area contributed by atoms with E-state index >= 15 is 0 Å². The Morgan fingerprint density at radius 3 is 2.67 bits per heavy atom. The average molecular weight is 503 g/mol. The van der Waals surface area contributed by atoms with Gasteiger partial charge in [0.15, 0.2) is 5.96 Å². The average Bonchev–Trinajstić information content (AvgIpc) is 2.51. The molecule has 2 aromatic carbocycles. The molecular weight excluding hydrogens is 483 g/mol. The number of carbonyl (C=O) groups excluding carboxylic acids is 1. The Kier molecular flexibility index (Phi) is 8.77. The quantitative estimate of drug-likeness (QED) is 0.253. The second kappa shape index (κ2) is 10.3. The van der Waals surface area contributed by atoms with Crippen LogP contribution in [0.15, 0.2) is 58.0 Å². The number of halogens is 2. The van der Waals surface area contributed by atoms with Crippen LogP contribution in [0.1, 0.15) is 15.9 Å². The van der Waals surface area contributed by atoms with Gasteiger partial charge in [-0.1, -0.05) is 34.1 Å². The van der Waals surface area contributed by atoms with Crippen LogP contribution < -0.4 is 16.4 Å². The maximum Gasteiger partial charge on any atom is 0.251 e. The van der Waals surface area contributed by atoms with E-state index in [0.29, 0.717) is 24.6 Å². The lowest BCUT2D eigenvalue weighted by atomic mass is 10.2. The summed E-state index contributed by atoms with van der Waals surface area (Å²) in [5.41, 5.74) is 8.47. The van der Waals surface area contributed by atoms with Crippen molar-refractivity contribution in [3.8, 4) is 0 Å². The third-order valence-corrected chi connectivity index (χ3v) is 3.55. The highest BCUT2D eigenvalue weighted by molar-refractivity contribution is 14.0. The SMILES string of the molecule is Cc1cccc(NC(N)=NCCNC(=O)c2cccc(Br)c2)c1.I. The third-order valence-electron chi connectivity index (χ3n) is 3.06. The Morgan fingerprint density at radius 1 is 1.21 bits per heavy atom. The van der Waals surface area contributed by atoms with Gasteiger partial charge in [-0.3, -0.25) is 9.79 Å². The molecule has 0 spiro atoms. The Balaban J connectivity index is 0.00000288. The number of benzene rings is 2. The molecule has 0 aliphatic heterocycles. The molecule has 0 bridgehead atoms. The fourth-order valence-electron chi connectivity index (χ4n) is 1.99. The van der Waals surface area contributed by atoms with Crippen molar-refractivity contribution in [1.82, 2.24) is 5.32 Å². The topological polar surface area (TPSA) is 79.5 Å². The number of anilines is 1. The number of aryl methyl sites for hydroxylation is 1. The van der Waals surface area contributed by atoms with E-state index < -0.39 is 0 Å². The number of nitrogens with two attached hydrogens (primary N) is 1. The highest BCUT2D eigenvalue weighted by Crippen LogP contribution is 2.11. The van der Waals surface area contributed by atoms with Crippen LogP contribution in [0.4, 0.5) is 5.69 Å². The molecule has 4 N–H and O–H groups in total. The molecule has 128 valence electrons. The van der Waals surface area contributed by atoms with Gasteiger partial charge >= 0.3 is 0 Å². The van der Waals surface area contributed by atoms with Crippen molar-refractivity contribution in [3.63, 3.8) is 0 Å². The monoisotopic (exact) mass is 502 g/mol. The molecule has 0 saturated carbocycles. The minimum Gasteiger partial charge on any atom is -0.370 e. The summed E-state index contributed by atoms with van der Waals surface area (Å²) in [6.07, 6.45) is 0. The molecule has 2 aromatic rings. The van der Waals surface area contributed by atoms with Gasteiger partial charge in [0.1, 0.15) is 0 Å². The largest absolute Gasteiger partial charge is 0.370 e. The van der Waals surface area contributed by atoms with Crippen molar-refractivity contribution >= 4 is 57.5 Å². The van der Waals surface area contributed by atoms with Crippen molar-refractivity contribution in [3.05, 3.63) is 64.1 Å². The van der Waals surface area contributed by atoms with Crippen LogP contribution in [0.5, 0.6) is 0 Å². The zero-order chi connectivity index (χ0) is 16.7. The van der Waals surface area contributed by atoms with E-state index in [4.69, 9.17) is 5.73 Å². The smallest absolute Gasteiger partial charge is 0.251 e. The minimum absolute atomic E-state index is 0. The lowest BCUT2D eigenvalue weighted by Gasteiger charge is -2.07. The van der Waals surface area contributed by atoms with Crippen molar-refractivity contribution in [2.24, 2.45) is 10.7 Å². The third kappa shape index (κ3) is 6.88. The summed E-state index contributed by atoms with van der Waals surface area (Å²) in [5.74, 6) is 0.194. The molecule has 0 aliphatic carbocycles. The number of hydrogen-bond acceptors (Lipinski definition) is 2. The van der Waals surface area contributed by atoms with Crippen molar-refractivity contribution in [2.45, 2.75) is 6.92 Å². The zero-order valence-electron chi connectivity index (χ0n) is 13.3. The maximum absolute atomic E-state index is 11.9. The number of carbonyl (C=O) groups is 1. The van der Waals surface area contributed by atoms with Gasteiger partial charge in [-0.2, -0.15) is 0 Å². The second-order valence-electron chi connectivity index (χ2n) is 5.03. The maximum atomic E-state index is 11.9. The van der Waals surface area contributed by atoms with Crippen LogP contribution in [0.3, 0.4) is 0 Å². The second-order valence-corrected chi connectivity index (χ2v) is 5.94. The van der Waals surface area contributed by atoms with Crippen LogP contribution in [-0.2, 0) is 0 Å². The highest BCUT2D eigenvalue weighted by atomic mass is 127. The lowest BCUT2D eigenvalue weighted by molar-refractivity contribution is 0.0954. The Morgan fingerprint density at radius 2 is 1.96 bits per heavy atom. The van der Waals surface area contributed by atoms with Gasteiger partial charge in [0.05, 0.1) is 6.54 Å². The summed E-state index contributed by atoms with van der Waals surface area (Å²) in [6, 6.07) is 15.1. The van der Waals surface area contributed by atoms with Crippen molar-refractivity contribution in [1.29, 1.82) is 0 Å². The summed E-state index contributed by atoms with van der Waals surface area (Å²) >= 11 is 3.34. The summed E-state index contributed by atoms with van der Waals surface area (Å²) in [6.45, 7) is 2.84. The highest BCUT2D eigenvalue weighted by Gasteiger charge is 2.04. The van der Waals surface area contributed by atoms with Gasteiger partial charge in [-0.05, 0) is 42.8 Å². The first-order valence-electron chi connectivity index (χ1n) is 7.22. The van der Waals surface area contributed by atoms with Crippen LogP contribution in [0.2, 0.25) is 0 Å². The molecule has 0 saturated heterocycles. The van der Waals surface area contributed by atoms with Crippen molar-refractivity contribution in [2.75, 3.05) is 18.4 Å². The molecule has 0 radical (unpaired) electrons. The molecule has 2 rings (SSSR count). The number of guanidine groups is 1. The van der Waals surface area contributed by atoms with Crippen molar-refractivity contribution < 1.29 is 4.79 Å². The lowest BCUT2D eigenvalue weighted by Crippen LogP contribution is -2.28. The number of amides is 1. The first-order chi connectivity index (χ1) is 11.0. The molecule has 0 atom stereocenters. The molecule has 5 nitrogen and oxygen atoms in total. The number of nitrogens with one attached hydrogen (secondary N) is 2. The predicted octanol–water partition coefficient (Wildman–Crippen LogP) is 3.53. The summed E-state index contributed by atoms with van der Waals surface area (Å²) in [4.78, 5) is 16.1. The van der Waals surface area contributed by atoms with Gasteiger partial charge in [0.25, 0.3) is 5.91 Å². The Labute approximate surface area is 167 Å². The molecule has 7 heteroatoms. The Bertz CT molecular complexity index is 721. The fraction of sp³-hybridized carbons (Fsp3) is 0.176. The van der Waals surface area contributed by atoms with Crippen LogP contribution >= 0.6 is 39.9 Å². The summed E-state index contributed by atoms with van der Waals surface area (Å²) in [7, 11) is 0. The summed E-state index contributed by atoms with van der Waals surface area (Å²) < 4.78 is 0.870. The molecule has 1 amide bonds. The number of hydrogen-bond donors (Lipinski definition) is 3. The van der Waals surface area contributed by atoms with E-state index in [1.807, 2.05) is 43.3 Å². The van der Waals surface area contributed by atoms with E-state index in [9.17, 15) is 4.79 Å². The molecule has 0 heterocycles. The molecular formula is C17H20BrIN4O. The van der Waals surface area contributed by atoms with Gasteiger partial charge in [-0.25, -0.2) is 0 Å². The Hall–Kier alpha value is -1.61. The number of nitrogens with zero attached hydrogens (tertiary/aromatic N) is 1. The van der Waals surface area contributed by atoms with Gasteiger partial charge in [0, 0.05) is 22.3 Å². The van der Waals surface area contributed by atoms with E-state index in [-0.39, 0.29) is 29.9 Å². The molecule has 24 heavy (non-hydrogen) atoms. The van der Waals surface area contributed by atoms with E-state index in [1.54, 1.807) is 12.1 Å². The van der Waals surface area contributed by atoms with Crippen LogP contribution in [-0.4, -0.2) is 25.0 Å². The first-order valence-corrected chi connectivity index (χ1v) is 8.01. The normalized spacial score (nSPS) is 10.7. The van der Waals surface area contributed by atoms with Gasteiger partial charge in [-0.15, -0.1) is 24.0 Å². The number of aliphatic imine (C=N–C) groups is 1. The van der Waals surface area contributed by atoms with Gasteiger partial charge < -0.3 is 16.4 Å². The fourth-order valence-corrected chi connectivity index (χ4v) is 2.39. The predicted molar refractivity (Wildman–Crippen MR) is 113 cm³/mol. The van der Waals surface area contributed by atoms with Gasteiger partial charge in [0.2, 0.25) is 0 Å². The molecule has 0 fully saturated rings. The molecule has 0 aromatic heterocycles.